The quantitative estimate of drug-likeness (QED) is 0.608. The predicted molar refractivity (Wildman–Crippen MR) is 76.4 cm³/mol. The van der Waals surface area contributed by atoms with E-state index >= 15 is 0 Å². The normalized spacial score (nSPS) is 18.8. The molecule has 0 saturated heterocycles. The molecule has 0 spiro atoms. The van der Waals surface area contributed by atoms with Gasteiger partial charge in [-0.25, -0.2) is 4.99 Å². The molecule has 1 fully saturated rings. The zero-order valence-electron chi connectivity index (χ0n) is 10.9. The van der Waals surface area contributed by atoms with Crippen LogP contribution in [-0.2, 0) is 0 Å². The summed E-state index contributed by atoms with van der Waals surface area (Å²) in [4.78, 5) is 3.84. The molecule has 1 aliphatic rings. The van der Waals surface area contributed by atoms with Crippen LogP contribution in [0.1, 0.15) is 39.0 Å². The second-order valence-electron chi connectivity index (χ2n) is 4.60. The van der Waals surface area contributed by atoms with E-state index in [-0.39, 0.29) is 5.17 Å². The Balaban J connectivity index is 2.60. The summed E-state index contributed by atoms with van der Waals surface area (Å²) in [6.07, 6.45) is 7.88. The van der Waals surface area contributed by atoms with Crippen LogP contribution < -0.4 is 5.32 Å². The fourth-order valence-electron chi connectivity index (χ4n) is 2.21. The fraction of sp³-hybridized carbons (Fsp3) is 0.571. The first kappa shape index (κ1) is 14.8. The van der Waals surface area contributed by atoms with Gasteiger partial charge >= 0.3 is 0 Å². The largest absolute Gasteiger partial charge is 0.387 e. The maximum Gasteiger partial charge on any atom is 0.148 e. The van der Waals surface area contributed by atoms with Crippen molar-refractivity contribution in [1.82, 2.24) is 5.32 Å². The zero-order chi connectivity index (χ0) is 13.4. The van der Waals surface area contributed by atoms with Gasteiger partial charge in [0.25, 0.3) is 0 Å². The standard InChI is InChI=1S/C14H20ClN3/c1-3-17-14(15)13(9-16)11(2)18-10-12-7-5-4-6-8-12/h3,12,18H,1,4-8,10H2,2H3/b13-11+,17-14?. The van der Waals surface area contributed by atoms with E-state index in [0.717, 1.165) is 12.2 Å². The van der Waals surface area contributed by atoms with Gasteiger partial charge in [0.15, 0.2) is 0 Å². The van der Waals surface area contributed by atoms with Gasteiger partial charge in [-0.3, -0.25) is 0 Å². The summed E-state index contributed by atoms with van der Waals surface area (Å²) in [7, 11) is 0. The maximum atomic E-state index is 9.08. The molecule has 4 heteroatoms. The van der Waals surface area contributed by atoms with Gasteiger partial charge in [0, 0.05) is 18.4 Å². The van der Waals surface area contributed by atoms with Crippen molar-refractivity contribution in [3.8, 4) is 6.07 Å². The van der Waals surface area contributed by atoms with E-state index in [1.54, 1.807) is 0 Å². The first-order chi connectivity index (χ1) is 8.69. The SMILES string of the molecule is C=CN=C(Cl)/C(C#N)=C(\C)NCC1CCCCC1. The molecule has 98 valence electrons. The number of hydrogen-bond donors (Lipinski definition) is 1. The predicted octanol–water partition coefficient (Wildman–Crippen LogP) is 3.73. The number of nitrogens with one attached hydrogen (secondary N) is 1. The van der Waals surface area contributed by atoms with Crippen molar-refractivity contribution in [3.63, 3.8) is 0 Å². The molecule has 3 nitrogen and oxygen atoms in total. The number of halogens is 1. The van der Waals surface area contributed by atoms with E-state index in [1.807, 2.05) is 6.92 Å². The van der Waals surface area contributed by atoms with E-state index in [2.05, 4.69) is 23.0 Å². The van der Waals surface area contributed by atoms with E-state index in [0.29, 0.717) is 11.5 Å². The molecule has 0 aromatic heterocycles. The highest BCUT2D eigenvalue weighted by atomic mass is 35.5. The average Bonchev–Trinajstić information content (AvgIpc) is 2.39. The van der Waals surface area contributed by atoms with Gasteiger partial charge < -0.3 is 5.32 Å². The molecule has 1 saturated carbocycles. The number of rotatable bonds is 5. The lowest BCUT2D eigenvalue weighted by Crippen LogP contribution is -2.24. The molecule has 0 unspecified atom stereocenters. The summed E-state index contributed by atoms with van der Waals surface area (Å²) < 4.78 is 0. The molecule has 0 aromatic rings. The number of nitriles is 1. The number of hydrogen-bond acceptors (Lipinski definition) is 3. The zero-order valence-corrected chi connectivity index (χ0v) is 11.6. The summed E-state index contributed by atoms with van der Waals surface area (Å²) in [5.41, 5.74) is 1.19. The van der Waals surface area contributed by atoms with Gasteiger partial charge in [-0.05, 0) is 25.7 Å². The van der Waals surface area contributed by atoms with Crippen LogP contribution in [0.4, 0.5) is 0 Å². The molecular weight excluding hydrogens is 246 g/mol. The van der Waals surface area contributed by atoms with E-state index in [1.165, 1.54) is 38.3 Å². The van der Waals surface area contributed by atoms with Crippen molar-refractivity contribution in [2.75, 3.05) is 6.54 Å². The van der Waals surface area contributed by atoms with Gasteiger partial charge in [0.05, 0.1) is 0 Å². The van der Waals surface area contributed by atoms with Crippen LogP contribution in [0, 0.1) is 17.2 Å². The van der Waals surface area contributed by atoms with Crippen molar-refractivity contribution < 1.29 is 0 Å². The van der Waals surface area contributed by atoms with Crippen LogP contribution in [0.25, 0.3) is 0 Å². The highest BCUT2D eigenvalue weighted by Crippen LogP contribution is 2.23. The average molecular weight is 266 g/mol. The summed E-state index contributed by atoms with van der Waals surface area (Å²) in [6, 6.07) is 2.08. The number of allylic oxidation sites excluding steroid dienone is 2. The summed E-state index contributed by atoms with van der Waals surface area (Å²) in [5, 5.41) is 12.6. The topological polar surface area (TPSA) is 48.2 Å². The minimum atomic E-state index is 0.196. The highest BCUT2D eigenvalue weighted by Gasteiger charge is 2.14. The Kier molecular flexibility index (Phi) is 6.53. The van der Waals surface area contributed by atoms with Crippen LogP contribution in [0.3, 0.4) is 0 Å². The van der Waals surface area contributed by atoms with Gasteiger partial charge in [-0.15, -0.1) is 0 Å². The molecular formula is C14H20ClN3. The van der Waals surface area contributed by atoms with Crippen molar-refractivity contribution in [2.45, 2.75) is 39.0 Å². The van der Waals surface area contributed by atoms with Gasteiger partial charge in [-0.2, -0.15) is 5.26 Å². The van der Waals surface area contributed by atoms with Gasteiger partial charge in [0.1, 0.15) is 16.8 Å². The molecule has 0 amide bonds. The lowest BCUT2D eigenvalue weighted by molar-refractivity contribution is 0.351. The fourth-order valence-corrected chi connectivity index (χ4v) is 2.46. The Labute approximate surface area is 114 Å². The molecule has 0 radical (unpaired) electrons. The third kappa shape index (κ3) is 4.54. The first-order valence-electron chi connectivity index (χ1n) is 6.38. The highest BCUT2D eigenvalue weighted by molar-refractivity contribution is 6.70. The van der Waals surface area contributed by atoms with Crippen LogP contribution in [0.2, 0.25) is 0 Å². The number of nitrogens with zero attached hydrogens (tertiary/aromatic N) is 2. The van der Waals surface area contributed by atoms with E-state index in [9.17, 15) is 0 Å². The van der Waals surface area contributed by atoms with Crippen LogP contribution >= 0.6 is 11.6 Å². The van der Waals surface area contributed by atoms with Gasteiger partial charge in [-0.1, -0.05) is 37.4 Å². The third-order valence-electron chi connectivity index (χ3n) is 3.28. The summed E-state index contributed by atoms with van der Waals surface area (Å²) in [6.45, 7) is 6.25. The van der Waals surface area contributed by atoms with Gasteiger partial charge in [0.2, 0.25) is 0 Å². The second-order valence-corrected chi connectivity index (χ2v) is 4.96. The Morgan fingerprint density at radius 2 is 2.17 bits per heavy atom. The summed E-state index contributed by atoms with van der Waals surface area (Å²) >= 11 is 5.92. The molecule has 18 heavy (non-hydrogen) atoms. The Morgan fingerprint density at radius 1 is 1.50 bits per heavy atom. The van der Waals surface area contributed by atoms with E-state index in [4.69, 9.17) is 16.9 Å². The molecule has 0 aliphatic heterocycles. The molecule has 1 N–H and O–H groups in total. The second kappa shape index (κ2) is 7.94. The smallest absolute Gasteiger partial charge is 0.148 e. The van der Waals surface area contributed by atoms with Crippen LogP contribution in [0.15, 0.2) is 29.0 Å². The maximum absolute atomic E-state index is 9.08. The lowest BCUT2D eigenvalue weighted by atomic mass is 9.89. The van der Waals surface area contributed by atoms with Crippen molar-refractivity contribution in [3.05, 3.63) is 24.0 Å². The first-order valence-corrected chi connectivity index (χ1v) is 6.76. The lowest BCUT2D eigenvalue weighted by Gasteiger charge is -2.22. The Morgan fingerprint density at radius 3 is 2.72 bits per heavy atom. The van der Waals surface area contributed by atoms with Crippen molar-refractivity contribution in [2.24, 2.45) is 10.9 Å². The molecule has 0 atom stereocenters. The molecule has 0 aromatic carbocycles. The van der Waals surface area contributed by atoms with Crippen LogP contribution in [-0.4, -0.2) is 11.7 Å². The minimum absolute atomic E-state index is 0.196. The molecule has 1 aliphatic carbocycles. The third-order valence-corrected chi connectivity index (χ3v) is 3.56. The van der Waals surface area contributed by atoms with Crippen molar-refractivity contribution >= 4 is 16.8 Å². The van der Waals surface area contributed by atoms with E-state index < -0.39 is 0 Å². The Hall–Kier alpha value is -1.27. The molecule has 0 heterocycles. The number of aliphatic imine (C=N–C) groups is 1. The van der Waals surface area contributed by atoms with Crippen molar-refractivity contribution in [1.29, 1.82) is 5.26 Å². The van der Waals surface area contributed by atoms with Crippen LogP contribution in [0.5, 0.6) is 0 Å². The monoisotopic (exact) mass is 265 g/mol. The molecule has 1 rings (SSSR count). The Bertz CT molecular complexity index is 384. The molecule has 0 bridgehead atoms. The minimum Gasteiger partial charge on any atom is -0.387 e. The summed E-state index contributed by atoms with van der Waals surface area (Å²) in [5.74, 6) is 0.712.